The van der Waals surface area contributed by atoms with E-state index in [1.807, 2.05) is 6.92 Å². The third kappa shape index (κ3) is 3.51. The average Bonchev–Trinajstić information content (AvgIpc) is 2.37. The van der Waals surface area contributed by atoms with Crippen LogP contribution in [0.1, 0.15) is 11.1 Å². The Morgan fingerprint density at radius 2 is 1.45 bits per heavy atom. The maximum Gasteiger partial charge on any atom is 0.175 e. The van der Waals surface area contributed by atoms with Crippen molar-refractivity contribution < 1.29 is 8.78 Å². The molecule has 2 nitrogen and oxygen atoms in total. The lowest BCUT2D eigenvalue weighted by Gasteiger charge is -2.12. The standard InChI is InChI=1S/C15H14F2N2S/c1-9-4-6-13(12(17)7-9)18-15(20)19-14-8-10(2)3-5-11(14)16/h3-8H,1-2H3,(H2,18,19,20). The lowest BCUT2D eigenvalue weighted by Crippen LogP contribution is -2.20. The van der Waals surface area contributed by atoms with Gasteiger partial charge in [-0.05, 0) is 61.5 Å². The molecule has 0 aliphatic heterocycles. The quantitative estimate of drug-likeness (QED) is 0.803. The molecule has 0 atom stereocenters. The average molecular weight is 292 g/mol. The number of aryl methyl sites for hydroxylation is 2. The highest BCUT2D eigenvalue weighted by Crippen LogP contribution is 2.18. The maximum atomic E-state index is 13.7. The molecule has 0 fully saturated rings. The van der Waals surface area contributed by atoms with Gasteiger partial charge in [-0.15, -0.1) is 0 Å². The van der Waals surface area contributed by atoms with Crippen LogP contribution in [0.2, 0.25) is 0 Å². The molecule has 0 radical (unpaired) electrons. The molecule has 0 spiro atoms. The third-order valence-electron chi connectivity index (χ3n) is 2.74. The van der Waals surface area contributed by atoms with Crippen LogP contribution in [0.4, 0.5) is 20.2 Å². The molecule has 20 heavy (non-hydrogen) atoms. The van der Waals surface area contributed by atoms with Crippen molar-refractivity contribution in [3.8, 4) is 0 Å². The van der Waals surface area contributed by atoms with Crippen molar-refractivity contribution in [1.29, 1.82) is 0 Å². The van der Waals surface area contributed by atoms with E-state index in [0.717, 1.165) is 11.1 Å². The fraction of sp³-hybridized carbons (Fsp3) is 0.133. The van der Waals surface area contributed by atoms with Gasteiger partial charge in [0.05, 0.1) is 11.4 Å². The number of halogens is 2. The highest BCUT2D eigenvalue weighted by Gasteiger charge is 2.07. The van der Waals surface area contributed by atoms with Crippen LogP contribution in [0.15, 0.2) is 36.4 Å². The van der Waals surface area contributed by atoms with Crippen LogP contribution >= 0.6 is 12.2 Å². The molecule has 0 aromatic heterocycles. The van der Waals surface area contributed by atoms with Crippen LogP contribution in [-0.4, -0.2) is 5.11 Å². The predicted molar refractivity (Wildman–Crippen MR) is 82.1 cm³/mol. The number of nitrogens with one attached hydrogen (secondary N) is 2. The minimum Gasteiger partial charge on any atom is -0.330 e. The normalized spacial score (nSPS) is 10.2. The summed E-state index contributed by atoms with van der Waals surface area (Å²) in [7, 11) is 0. The molecule has 0 aliphatic carbocycles. The maximum absolute atomic E-state index is 13.7. The molecule has 2 rings (SSSR count). The zero-order valence-corrected chi connectivity index (χ0v) is 11.9. The van der Waals surface area contributed by atoms with Crippen LogP contribution in [0.3, 0.4) is 0 Å². The highest BCUT2D eigenvalue weighted by molar-refractivity contribution is 7.80. The van der Waals surface area contributed by atoms with Gasteiger partial charge in [-0.3, -0.25) is 0 Å². The Labute approximate surface area is 121 Å². The minimum absolute atomic E-state index is 0.136. The fourth-order valence-electron chi connectivity index (χ4n) is 1.73. The van der Waals surface area contributed by atoms with Gasteiger partial charge >= 0.3 is 0 Å². The summed E-state index contributed by atoms with van der Waals surface area (Å²) < 4.78 is 27.2. The van der Waals surface area contributed by atoms with Gasteiger partial charge < -0.3 is 10.6 Å². The number of hydrogen-bond acceptors (Lipinski definition) is 1. The largest absolute Gasteiger partial charge is 0.330 e. The summed E-state index contributed by atoms with van der Waals surface area (Å²) in [6, 6.07) is 9.41. The van der Waals surface area contributed by atoms with Gasteiger partial charge in [-0.25, -0.2) is 8.78 Å². The Kier molecular flexibility index (Phi) is 4.29. The molecule has 0 saturated carbocycles. The van der Waals surface area contributed by atoms with E-state index in [0.29, 0.717) is 0 Å². The van der Waals surface area contributed by atoms with E-state index in [1.165, 1.54) is 12.1 Å². The first-order chi connectivity index (χ1) is 9.45. The zero-order chi connectivity index (χ0) is 14.7. The summed E-state index contributed by atoms with van der Waals surface area (Å²) in [5.41, 5.74) is 2.23. The number of thiocarbonyl (C=S) groups is 1. The Balaban J connectivity index is 2.11. The van der Waals surface area contributed by atoms with Crippen LogP contribution in [0.5, 0.6) is 0 Å². The van der Waals surface area contributed by atoms with Crippen molar-refractivity contribution in [2.24, 2.45) is 0 Å². The molecule has 0 heterocycles. The van der Waals surface area contributed by atoms with Gasteiger partial charge in [0.2, 0.25) is 0 Å². The predicted octanol–water partition coefficient (Wildman–Crippen LogP) is 4.39. The van der Waals surface area contributed by atoms with Gasteiger partial charge in [0.25, 0.3) is 0 Å². The Morgan fingerprint density at radius 1 is 0.850 bits per heavy atom. The van der Waals surface area contributed by atoms with E-state index in [4.69, 9.17) is 12.2 Å². The van der Waals surface area contributed by atoms with Crippen LogP contribution < -0.4 is 10.6 Å². The zero-order valence-electron chi connectivity index (χ0n) is 11.1. The fourth-order valence-corrected chi connectivity index (χ4v) is 1.95. The van der Waals surface area contributed by atoms with Gasteiger partial charge in [0.15, 0.2) is 5.11 Å². The highest BCUT2D eigenvalue weighted by atomic mass is 32.1. The van der Waals surface area contributed by atoms with E-state index in [-0.39, 0.29) is 16.5 Å². The second-order valence-corrected chi connectivity index (χ2v) is 4.95. The van der Waals surface area contributed by atoms with E-state index in [1.54, 1.807) is 31.2 Å². The summed E-state index contributed by atoms with van der Waals surface area (Å²) in [6.45, 7) is 3.65. The van der Waals surface area contributed by atoms with E-state index < -0.39 is 11.6 Å². The summed E-state index contributed by atoms with van der Waals surface area (Å²) in [5.74, 6) is -0.817. The third-order valence-corrected chi connectivity index (χ3v) is 2.95. The first-order valence-electron chi connectivity index (χ1n) is 6.06. The lowest BCUT2D eigenvalue weighted by molar-refractivity contribution is 0.631. The van der Waals surface area contributed by atoms with E-state index >= 15 is 0 Å². The first kappa shape index (κ1) is 14.4. The van der Waals surface area contributed by atoms with E-state index in [9.17, 15) is 8.78 Å². The summed E-state index contributed by atoms with van der Waals surface area (Å²) in [5, 5.41) is 5.57. The molecule has 2 aromatic rings. The van der Waals surface area contributed by atoms with Gasteiger partial charge in [-0.1, -0.05) is 12.1 Å². The monoisotopic (exact) mass is 292 g/mol. The SMILES string of the molecule is Cc1ccc(NC(=S)Nc2cc(C)ccc2F)c(F)c1. The Morgan fingerprint density at radius 3 is 2.15 bits per heavy atom. The molecule has 0 aliphatic rings. The van der Waals surface area contributed by atoms with Crippen LogP contribution in [0, 0.1) is 25.5 Å². The van der Waals surface area contributed by atoms with Crippen LogP contribution in [-0.2, 0) is 0 Å². The number of hydrogen-bond donors (Lipinski definition) is 2. The van der Waals surface area contributed by atoms with Crippen molar-refractivity contribution in [1.82, 2.24) is 0 Å². The second-order valence-electron chi connectivity index (χ2n) is 4.55. The molecular formula is C15H14F2N2S. The molecule has 0 amide bonds. The van der Waals surface area contributed by atoms with Crippen molar-refractivity contribution in [2.75, 3.05) is 10.6 Å². The van der Waals surface area contributed by atoms with Crippen molar-refractivity contribution in [3.05, 3.63) is 59.2 Å². The minimum atomic E-state index is -0.413. The van der Waals surface area contributed by atoms with Crippen molar-refractivity contribution in [3.63, 3.8) is 0 Å². The van der Waals surface area contributed by atoms with Gasteiger partial charge in [0.1, 0.15) is 11.6 Å². The number of rotatable bonds is 2. The topological polar surface area (TPSA) is 24.1 Å². The molecule has 0 saturated heterocycles. The summed E-state index contributed by atoms with van der Waals surface area (Å²) >= 11 is 5.06. The smallest absolute Gasteiger partial charge is 0.175 e. The lowest BCUT2D eigenvalue weighted by atomic mass is 10.2. The summed E-state index contributed by atoms with van der Waals surface area (Å²) in [6.07, 6.45) is 0. The number of anilines is 2. The van der Waals surface area contributed by atoms with E-state index in [2.05, 4.69) is 10.6 Å². The molecule has 5 heteroatoms. The molecule has 2 aromatic carbocycles. The number of benzene rings is 2. The molecule has 0 unspecified atom stereocenters. The second kappa shape index (κ2) is 5.96. The van der Waals surface area contributed by atoms with Crippen molar-refractivity contribution >= 4 is 28.7 Å². The Bertz CT molecular complexity index is 656. The Hall–Kier alpha value is -2.01. The first-order valence-corrected chi connectivity index (χ1v) is 6.47. The molecule has 2 N–H and O–H groups in total. The molecule has 0 bridgehead atoms. The molecular weight excluding hydrogens is 278 g/mol. The van der Waals surface area contributed by atoms with Gasteiger partial charge in [-0.2, -0.15) is 0 Å². The molecule has 104 valence electrons. The van der Waals surface area contributed by atoms with Crippen LogP contribution in [0.25, 0.3) is 0 Å². The summed E-state index contributed by atoms with van der Waals surface area (Å²) in [4.78, 5) is 0. The van der Waals surface area contributed by atoms with Gasteiger partial charge in [0, 0.05) is 0 Å². The van der Waals surface area contributed by atoms with Crippen molar-refractivity contribution in [2.45, 2.75) is 13.8 Å².